The number of aliphatic carboxylic acids is 1. The van der Waals surface area contributed by atoms with Crippen molar-refractivity contribution in [3.05, 3.63) is 59.7 Å². The third-order valence-corrected chi connectivity index (χ3v) is 5.01. The van der Waals surface area contributed by atoms with Crippen molar-refractivity contribution in [1.82, 2.24) is 10.6 Å². The summed E-state index contributed by atoms with van der Waals surface area (Å²) >= 11 is 0. The highest BCUT2D eigenvalue weighted by atomic mass is 16.5. The Morgan fingerprint density at radius 3 is 2.17 bits per heavy atom. The van der Waals surface area contributed by atoms with Crippen LogP contribution in [0.25, 0.3) is 11.1 Å². The maximum atomic E-state index is 12.2. The van der Waals surface area contributed by atoms with Gasteiger partial charge in [0.25, 0.3) is 0 Å². The number of benzene rings is 2. The lowest BCUT2D eigenvalue weighted by atomic mass is 9.98. The molecule has 7 heteroatoms. The van der Waals surface area contributed by atoms with E-state index in [2.05, 4.69) is 16.6 Å². The van der Waals surface area contributed by atoms with Crippen molar-refractivity contribution in [3.8, 4) is 23.5 Å². The van der Waals surface area contributed by atoms with Gasteiger partial charge in [-0.1, -0.05) is 48.5 Å². The van der Waals surface area contributed by atoms with Crippen molar-refractivity contribution in [2.75, 3.05) is 6.61 Å². The summed E-state index contributed by atoms with van der Waals surface area (Å²) < 4.78 is 5.38. The van der Waals surface area contributed by atoms with E-state index in [0.29, 0.717) is 0 Å². The maximum Gasteiger partial charge on any atom is 0.407 e. The van der Waals surface area contributed by atoms with Crippen LogP contribution in [0.15, 0.2) is 48.5 Å². The van der Waals surface area contributed by atoms with Gasteiger partial charge in [0.15, 0.2) is 0 Å². The first-order valence-electron chi connectivity index (χ1n) is 9.50. The molecule has 0 radical (unpaired) electrons. The van der Waals surface area contributed by atoms with Gasteiger partial charge in [0.1, 0.15) is 18.7 Å². The monoisotopic (exact) mass is 406 g/mol. The Morgan fingerprint density at radius 2 is 1.63 bits per heavy atom. The molecule has 3 rings (SSSR count). The molecule has 2 aromatic carbocycles. The third-order valence-electron chi connectivity index (χ3n) is 5.01. The highest BCUT2D eigenvalue weighted by Crippen LogP contribution is 2.44. The first-order valence-corrected chi connectivity index (χ1v) is 9.50. The average Bonchev–Trinajstić information content (AvgIpc) is 3.05. The zero-order chi connectivity index (χ0) is 21.7. The highest BCUT2D eigenvalue weighted by Gasteiger charge is 2.29. The number of carbonyl (C=O) groups is 3. The molecule has 154 valence electrons. The molecule has 0 bridgehead atoms. The van der Waals surface area contributed by atoms with E-state index in [1.54, 1.807) is 0 Å². The molecule has 0 heterocycles. The van der Waals surface area contributed by atoms with Gasteiger partial charge >= 0.3 is 12.1 Å². The molecule has 2 aromatic rings. The number of fused-ring (bicyclic) bond motifs is 3. The molecular formula is C23H22N2O5. The van der Waals surface area contributed by atoms with Crippen molar-refractivity contribution in [2.45, 2.75) is 31.3 Å². The van der Waals surface area contributed by atoms with E-state index < -0.39 is 30.1 Å². The molecular weight excluding hydrogens is 384 g/mol. The van der Waals surface area contributed by atoms with E-state index >= 15 is 0 Å². The Balaban J connectivity index is 1.59. The van der Waals surface area contributed by atoms with Gasteiger partial charge in [-0.05, 0) is 29.2 Å². The third kappa shape index (κ3) is 4.44. The van der Waals surface area contributed by atoms with E-state index in [1.165, 1.54) is 6.92 Å². The molecule has 1 aliphatic rings. The van der Waals surface area contributed by atoms with Gasteiger partial charge in [-0.15, -0.1) is 12.3 Å². The standard InChI is InChI=1S/C23H22N2O5/c1-3-8-20(22(27)28)25-21(26)14(2)24-23(29)30-13-19-17-11-6-4-9-15(17)16-10-5-7-12-18(16)19/h1,4-7,9-12,14,19-20H,8,13H2,2H3,(H,24,29)(H,25,26)(H,27,28)/t14-,20?/m0/s1. The minimum Gasteiger partial charge on any atom is -0.480 e. The molecule has 0 aromatic heterocycles. The largest absolute Gasteiger partial charge is 0.480 e. The van der Waals surface area contributed by atoms with Gasteiger partial charge in [-0.25, -0.2) is 9.59 Å². The van der Waals surface area contributed by atoms with Crippen LogP contribution in [0, 0.1) is 12.3 Å². The number of rotatable bonds is 7. The second-order valence-electron chi connectivity index (χ2n) is 7.00. The molecule has 1 unspecified atom stereocenters. The van der Waals surface area contributed by atoms with Crippen LogP contribution in [0.5, 0.6) is 0 Å². The van der Waals surface area contributed by atoms with Gasteiger partial charge in [0.05, 0.1) is 0 Å². The number of alkyl carbamates (subject to hydrolysis) is 1. The molecule has 0 saturated heterocycles. The summed E-state index contributed by atoms with van der Waals surface area (Å²) in [5.41, 5.74) is 4.39. The van der Waals surface area contributed by atoms with Crippen molar-refractivity contribution < 1.29 is 24.2 Å². The van der Waals surface area contributed by atoms with Crippen LogP contribution in [0.2, 0.25) is 0 Å². The number of amides is 2. The van der Waals surface area contributed by atoms with Crippen LogP contribution in [0.1, 0.15) is 30.4 Å². The van der Waals surface area contributed by atoms with Crippen molar-refractivity contribution in [3.63, 3.8) is 0 Å². The Labute approximate surface area is 174 Å². The number of terminal acetylenes is 1. The van der Waals surface area contributed by atoms with E-state index in [9.17, 15) is 14.4 Å². The second kappa shape index (κ2) is 9.14. The lowest BCUT2D eigenvalue weighted by molar-refractivity contribution is -0.141. The van der Waals surface area contributed by atoms with E-state index in [1.807, 2.05) is 48.5 Å². The predicted molar refractivity (Wildman–Crippen MR) is 111 cm³/mol. The summed E-state index contributed by atoms with van der Waals surface area (Å²) in [6, 6.07) is 13.7. The van der Waals surface area contributed by atoms with E-state index in [-0.39, 0.29) is 18.9 Å². The van der Waals surface area contributed by atoms with Crippen LogP contribution < -0.4 is 10.6 Å². The first kappa shape index (κ1) is 20.9. The minimum absolute atomic E-state index is 0.0979. The van der Waals surface area contributed by atoms with Crippen LogP contribution >= 0.6 is 0 Å². The van der Waals surface area contributed by atoms with Crippen LogP contribution in [-0.2, 0) is 14.3 Å². The molecule has 0 spiro atoms. The van der Waals surface area contributed by atoms with Gasteiger partial charge in [-0.2, -0.15) is 0 Å². The van der Waals surface area contributed by atoms with E-state index in [0.717, 1.165) is 22.3 Å². The Morgan fingerprint density at radius 1 is 1.07 bits per heavy atom. The van der Waals surface area contributed by atoms with Gasteiger partial charge in [0.2, 0.25) is 5.91 Å². The number of hydrogen-bond donors (Lipinski definition) is 3. The molecule has 2 atom stereocenters. The minimum atomic E-state index is -1.24. The number of carboxylic acids is 1. The summed E-state index contributed by atoms with van der Waals surface area (Å²) in [6.07, 6.45) is 4.20. The summed E-state index contributed by atoms with van der Waals surface area (Å²) in [5.74, 6) is 0.195. The number of hydrogen-bond acceptors (Lipinski definition) is 4. The van der Waals surface area contributed by atoms with Crippen molar-refractivity contribution in [2.24, 2.45) is 0 Å². The summed E-state index contributed by atoms with van der Waals surface area (Å²) in [7, 11) is 0. The highest BCUT2D eigenvalue weighted by molar-refractivity contribution is 5.89. The van der Waals surface area contributed by atoms with Gasteiger partial charge in [-0.3, -0.25) is 4.79 Å². The summed E-state index contributed by atoms with van der Waals surface area (Å²) in [5, 5.41) is 13.8. The van der Waals surface area contributed by atoms with Crippen molar-refractivity contribution >= 4 is 18.0 Å². The molecule has 30 heavy (non-hydrogen) atoms. The van der Waals surface area contributed by atoms with Crippen LogP contribution in [0.3, 0.4) is 0 Å². The SMILES string of the molecule is C#CCC(NC(=O)[C@H](C)NC(=O)OCC1c2ccccc2-c2ccccc21)C(=O)O. The quantitative estimate of drug-likeness (QED) is 0.613. The zero-order valence-corrected chi connectivity index (χ0v) is 16.4. The lowest BCUT2D eigenvalue weighted by Crippen LogP contribution is -2.50. The van der Waals surface area contributed by atoms with Crippen LogP contribution in [0.4, 0.5) is 4.79 Å². The predicted octanol–water partition coefficient (Wildman–Crippen LogP) is 2.51. The molecule has 2 amide bonds. The maximum absolute atomic E-state index is 12.2. The lowest BCUT2D eigenvalue weighted by Gasteiger charge is -2.18. The molecule has 0 aliphatic heterocycles. The topological polar surface area (TPSA) is 105 Å². The van der Waals surface area contributed by atoms with E-state index in [4.69, 9.17) is 16.3 Å². The van der Waals surface area contributed by atoms with Crippen LogP contribution in [-0.4, -0.2) is 41.8 Å². The van der Waals surface area contributed by atoms with Crippen molar-refractivity contribution in [1.29, 1.82) is 0 Å². The Hall–Kier alpha value is -3.79. The number of carbonyl (C=O) groups excluding carboxylic acids is 2. The summed E-state index contributed by atoms with van der Waals surface area (Å²) in [4.78, 5) is 35.5. The fourth-order valence-corrected chi connectivity index (χ4v) is 3.50. The van der Waals surface area contributed by atoms with Gasteiger partial charge in [0, 0.05) is 12.3 Å². The normalized spacial score (nSPS) is 13.9. The average molecular weight is 406 g/mol. The second-order valence-corrected chi connectivity index (χ2v) is 7.00. The fraction of sp³-hybridized carbons (Fsp3) is 0.261. The molecule has 1 aliphatic carbocycles. The number of carboxylic acid groups (broad SMARTS) is 1. The molecule has 7 nitrogen and oxygen atoms in total. The fourth-order valence-electron chi connectivity index (χ4n) is 3.50. The summed E-state index contributed by atoms with van der Waals surface area (Å²) in [6.45, 7) is 1.55. The smallest absolute Gasteiger partial charge is 0.407 e. The number of nitrogens with one attached hydrogen (secondary N) is 2. The van der Waals surface area contributed by atoms with Gasteiger partial charge < -0.3 is 20.5 Å². The molecule has 0 saturated carbocycles. The molecule has 0 fully saturated rings. The Kier molecular flexibility index (Phi) is 6.38. The zero-order valence-electron chi connectivity index (χ0n) is 16.4. The number of ether oxygens (including phenoxy) is 1. The Bertz CT molecular complexity index is 965. The first-order chi connectivity index (χ1) is 14.4. The molecule has 3 N–H and O–H groups in total.